The molecule has 0 aromatic heterocycles. The molecule has 2 rings (SSSR count). The van der Waals surface area contributed by atoms with Crippen molar-refractivity contribution in [3.8, 4) is 11.5 Å². The molecule has 2 N–H and O–H groups in total. The zero-order valence-corrected chi connectivity index (χ0v) is 14.1. The van der Waals surface area contributed by atoms with Crippen LogP contribution in [0.3, 0.4) is 0 Å². The van der Waals surface area contributed by atoms with E-state index in [1.165, 1.54) is 24.3 Å². The number of nitrogens with one attached hydrogen (secondary N) is 2. The highest BCUT2D eigenvalue weighted by molar-refractivity contribution is 5.73. The first-order valence-corrected chi connectivity index (χ1v) is 7.85. The molecule has 0 heterocycles. The van der Waals surface area contributed by atoms with Gasteiger partial charge in [-0.15, -0.1) is 13.2 Å². The Bertz CT molecular complexity index is 701. The van der Waals surface area contributed by atoms with Crippen LogP contribution in [-0.2, 0) is 13.0 Å². The number of methoxy groups -OCH3 is 1. The van der Waals surface area contributed by atoms with Crippen molar-refractivity contribution in [1.29, 1.82) is 0 Å². The van der Waals surface area contributed by atoms with Crippen molar-refractivity contribution in [2.75, 3.05) is 13.7 Å². The molecule has 8 heteroatoms. The fourth-order valence-corrected chi connectivity index (χ4v) is 2.17. The van der Waals surface area contributed by atoms with Gasteiger partial charge in [-0.1, -0.05) is 24.3 Å². The molecule has 0 bridgehead atoms. The van der Waals surface area contributed by atoms with Crippen molar-refractivity contribution in [3.63, 3.8) is 0 Å². The van der Waals surface area contributed by atoms with Crippen LogP contribution in [0.4, 0.5) is 18.0 Å². The van der Waals surface area contributed by atoms with Crippen LogP contribution in [0.25, 0.3) is 0 Å². The molecule has 0 unspecified atom stereocenters. The summed E-state index contributed by atoms with van der Waals surface area (Å²) in [6, 6.07) is 12.5. The number of hydrogen-bond acceptors (Lipinski definition) is 3. The Morgan fingerprint density at radius 2 is 1.50 bits per heavy atom. The van der Waals surface area contributed by atoms with Gasteiger partial charge in [0.1, 0.15) is 11.5 Å². The van der Waals surface area contributed by atoms with Crippen LogP contribution >= 0.6 is 0 Å². The number of urea groups is 1. The lowest BCUT2D eigenvalue weighted by molar-refractivity contribution is -0.274. The molecule has 0 aliphatic heterocycles. The molecule has 140 valence electrons. The molecule has 0 spiro atoms. The first-order valence-electron chi connectivity index (χ1n) is 7.85. The monoisotopic (exact) mass is 368 g/mol. The third-order valence-electron chi connectivity index (χ3n) is 3.47. The van der Waals surface area contributed by atoms with E-state index in [1.807, 2.05) is 12.1 Å². The fraction of sp³-hybridized carbons (Fsp3) is 0.278. The van der Waals surface area contributed by atoms with Crippen molar-refractivity contribution in [2.45, 2.75) is 19.3 Å². The van der Waals surface area contributed by atoms with Crippen molar-refractivity contribution >= 4 is 6.03 Å². The maximum atomic E-state index is 12.1. The van der Waals surface area contributed by atoms with E-state index in [-0.39, 0.29) is 11.8 Å². The highest BCUT2D eigenvalue weighted by Crippen LogP contribution is 2.22. The zero-order valence-electron chi connectivity index (χ0n) is 14.1. The van der Waals surface area contributed by atoms with Gasteiger partial charge in [0.25, 0.3) is 0 Å². The number of benzene rings is 2. The van der Waals surface area contributed by atoms with Gasteiger partial charge in [0, 0.05) is 13.1 Å². The molecular formula is C18H19F3N2O3. The number of ether oxygens (including phenoxy) is 2. The Hall–Kier alpha value is -2.90. The lowest BCUT2D eigenvalue weighted by Gasteiger charge is -2.10. The summed E-state index contributed by atoms with van der Waals surface area (Å²) >= 11 is 0. The summed E-state index contributed by atoms with van der Waals surface area (Å²) in [6.45, 7) is 0.729. The largest absolute Gasteiger partial charge is 0.573 e. The van der Waals surface area contributed by atoms with Gasteiger partial charge in [0.15, 0.2) is 0 Å². The lowest BCUT2D eigenvalue weighted by atomic mass is 10.1. The molecule has 0 atom stereocenters. The number of hydrogen-bond donors (Lipinski definition) is 2. The first kappa shape index (κ1) is 19.4. The fourth-order valence-electron chi connectivity index (χ4n) is 2.17. The number of amides is 2. The summed E-state index contributed by atoms with van der Waals surface area (Å²) < 4.78 is 45.1. The predicted molar refractivity (Wildman–Crippen MR) is 90.1 cm³/mol. The van der Waals surface area contributed by atoms with Gasteiger partial charge < -0.3 is 20.1 Å². The summed E-state index contributed by atoms with van der Waals surface area (Å²) in [5.41, 5.74) is 1.72. The number of alkyl halides is 3. The van der Waals surface area contributed by atoms with Crippen molar-refractivity contribution in [1.82, 2.24) is 10.6 Å². The van der Waals surface area contributed by atoms with Crippen LogP contribution < -0.4 is 20.1 Å². The normalized spacial score (nSPS) is 10.9. The van der Waals surface area contributed by atoms with Gasteiger partial charge in [0.2, 0.25) is 0 Å². The second kappa shape index (κ2) is 8.98. The van der Waals surface area contributed by atoms with Crippen LogP contribution in [-0.4, -0.2) is 26.0 Å². The van der Waals surface area contributed by atoms with Gasteiger partial charge >= 0.3 is 12.4 Å². The molecule has 2 amide bonds. The third-order valence-corrected chi connectivity index (χ3v) is 3.47. The van der Waals surface area contributed by atoms with Crippen LogP contribution in [0.1, 0.15) is 11.1 Å². The Balaban J connectivity index is 1.69. The van der Waals surface area contributed by atoms with Crippen molar-refractivity contribution < 1.29 is 27.4 Å². The van der Waals surface area contributed by atoms with E-state index in [9.17, 15) is 18.0 Å². The summed E-state index contributed by atoms with van der Waals surface area (Å²) in [4.78, 5) is 11.7. The third kappa shape index (κ3) is 6.92. The van der Waals surface area contributed by atoms with E-state index in [0.29, 0.717) is 19.5 Å². The standard InChI is InChI=1S/C18H19F3N2O3/c1-25-15-6-4-14(5-7-15)12-23-17(24)22-11-10-13-2-8-16(9-3-13)26-18(19,20)21/h2-9H,10-12H2,1H3,(H2,22,23,24). The van der Waals surface area contributed by atoms with Crippen LogP contribution in [0.2, 0.25) is 0 Å². The van der Waals surface area contributed by atoms with E-state index in [4.69, 9.17) is 4.74 Å². The summed E-state index contributed by atoms with van der Waals surface area (Å²) in [5.74, 6) is 0.469. The topological polar surface area (TPSA) is 59.6 Å². The van der Waals surface area contributed by atoms with Crippen molar-refractivity contribution in [3.05, 3.63) is 59.7 Å². The zero-order chi connectivity index (χ0) is 19.0. The highest BCUT2D eigenvalue weighted by atomic mass is 19.4. The Morgan fingerprint density at radius 1 is 0.923 bits per heavy atom. The minimum atomic E-state index is -4.70. The minimum Gasteiger partial charge on any atom is -0.497 e. The predicted octanol–water partition coefficient (Wildman–Crippen LogP) is 3.64. The van der Waals surface area contributed by atoms with E-state index in [0.717, 1.165) is 16.9 Å². The number of halogens is 3. The molecule has 0 radical (unpaired) electrons. The van der Waals surface area contributed by atoms with Crippen molar-refractivity contribution in [2.24, 2.45) is 0 Å². The SMILES string of the molecule is COc1ccc(CNC(=O)NCCc2ccc(OC(F)(F)F)cc2)cc1. The average molecular weight is 368 g/mol. The maximum absolute atomic E-state index is 12.1. The van der Waals surface area contributed by atoms with Crippen LogP contribution in [0, 0.1) is 0 Å². The number of rotatable bonds is 7. The first-order chi connectivity index (χ1) is 12.4. The highest BCUT2D eigenvalue weighted by Gasteiger charge is 2.30. The molecule has 5 nitrogen and oxygen atoms in total. The van der Waals surface area contributed by atoms with Gasteiger partial charge in [-0.3, -0.25) is 0 Å². The van der Waals surface area contributed by atoms with Gasteiger partial charge in [-0.05, 0) is 41.8 Å². The average Bonchev–Trinajstić information content (AvgIpc) is 2.60. The summed E-state index contributed by atoms with van der Waals surface area (Å²) in [7, 11) is 1.58. The molecule has 0 saturated carbocycles. The summed E-state index contributed by atoms with van der Waals surface area (Å²) in [6.07, 6.45) is -4.21. The van der Waals surface area contributed by atoms with E-state index in [1.54, 1.807) is 19.2 Å². The Morgan fingerprint density at radius 3 is 2.08 bits per heavy atom. The molecule has 0 fully saturated rings. The maximum Gasteiger partial charge on any atom is 0.573 e. The quantitative estimate of drug-likeness (QED) is 0.785. The summed E-state index contributed by atoms with van der Waals surface area (Å²) in [5, 5.41) is 5.41. The molecule has 2 aromatic rings. The number of carbonyl (C=O) groups is 1. The number of carbonyl (C=O) groups excluding carboxylic acids is 1. The Labute approximate surface area is 149 Å². The molecule has 0 saturated heterocycles. The molecule has 26 heavy (non-hydrogen) atoms. The van der Waals surface area contributed by atoms with Crippen LogP contribution in [0.5, 0.6) is 11.5 Å². The smallest absolute Gasteiger partial charge is 0.497 e. The van der Waals surface area contributed by atoms with Gasteiger partial charge in [-0.2, -0.15) is 0 Å². The van der Waals surface area contributed by atoms with Crippen LogP contribution in [0.15, 0.2) is 48.5 Å². The molecule has 2 aromatic carbocycles. The van der Waals surface area contributed by atoms with E-state index >= 15 is 0 Å². The van der Waals surface area contributed by atoms with E-state index < -0.39 is 6.36 Å². The molecule has 0 aliphatic carbocycles. The lowest BCUT2D eigenvalue weighted by Crippen LogP contribution is -2.36. The molecular weight excluding hydrogens is 349 g/mol. The molecule has 0 aliphatic rings. The Kier molecular flexibility index (Phi) is 6.71. The minimum absolute atomic E-state index is 0.272. The van der Waals surface area contributed by atoms with Gasteiger partial charge in [0.05, 0.1) is 7.11 Å². The second-order valence-corrected chi connectivity index (χ2v) is 5.40. The van der Waals surface area contributed by atoms with E-state index in [2.05, 4.69) is 15.4 Å². The van der Waals surface area contributed by atoms with Gasteiger partial charge in [-0.25, -0.2) is 4.79 Å². The second-order valence-electron chi connectivity index (χ2n) is 5.40.